The topological polar surface area (TPSA) is 72.8 Å². The molecule has 1 aromatic carbocycles. The molecule has 0 bridgehead atoms. The van der Waals surface area contributed by atoms with Gasteiger partial charge in [-0.1, -0.05) is 62.4 Å². The lowest BCUT2D eigenvalue weighted by Crippen LogP contribution is -2.53. The average Bonchev–Trinajstić information content (AvgIpc) is 2.72. The van der Waals surface area contributed by atoms with Crippen LogP contribution in [0.1, 0.15) is 45.6 Å². The van der Waals surface area contributed by atoms with Crippen LogP contribution in [0.15, 0.2) is 54.1 Å². The van der Waals surface area contributed by atoms with Crippen LogP contribution in [0.3, 0.4) is 0 Å². The van der Waals surface area contributed by atoms with E-state index < -0.39 is 40.9 Å². The van der Waals surface area contributed by atoms with E-state index in [0.29, 0.717) is 24.7 Å². The number of allylic oxidation sites excluding steroid dienone is 1. The van der Waals surface area contributed by atoms with Crippen LogP contribution in [0.5, 0.6) is 0 Å². The number of rotatable bonds is 6. The van der Waals surface area contributed by atoms with Crippen molar-refractivity contribution in [3.63, 3.8) is 0 Å². The highest BCUT2D eigenvalue weighted by Crippen LogP contribution is 2.44. The van der Waals surface area contributed by atoms with Gasteiger partial charge in [0.05, 0.1) is 5.60 Å². The van der Waals surface area contributed by atoms with Crippen molar-refractivity contribution in [2.45, 2.75) is 63.5 Å². The van der Waals surface area contributed by atoms with Crippen molar-refractivity contribution >= 4 is 12.3 Å². The predicted octanol–water partition coefficient (Wildman–Crippen LogP) is 4.89. The largest absolute Gasteiger partial charge is 0.459 e. The molecule has 0 amide bonds. The van der Waals surface area contributed by atoms with E-state index in [9.17, 15) is 27.9 Å². The van der Waals surface area contributed by atoms with Crippen LogP contribution in [0.4, 0.5) is 13.2 Å². The molecule has 1 N–H and O–H groups in total. The lowest BCUT2D eigenvalue weighted by atomic mass is 9.83. The molecular weight excluding hydrogens is 437 g/mol. The molecule has 0 heterocycles. The van der Waals surface area contributed by atoms with Gasteiger partial charge in [-0.25, -0.2) is 4.79 Å². The Morgan fingerprint density at radius 2 is 1.88 bits per heavy atom. The molecule has 1 aliphatic carbocycles. The number of carbonyl (C=O) groups is 2. The Morgan fingerprint density at radius 3 is 2.39 bits per heavy atom. The van der Waals surface area contributed by atoms with E-state index >= 15 is 0 Å². The van der Waals surface area contributed by atoms with Crippen molar-refractivity contribution < 1.29 is 37.3 Å². The van der Waals surface area contributed by atoms with Gasteiger partial charge in [-0.2, -0.15) is 13.2 Å². The Labute approximate surface area is 192 Å². The number of hydrogen-bond acceptors (Lipinski definition) is 5. The number of carbonyl (C=O) groups excluding carboxylic acids is 2. The Balaban J connectivity index is 2.56. The molecule has 5 nitrogen and oxygen atoms in total. The second kappa shape index (κ2) is 10.7. The highest BCUT2D eigenvalue weighted by molar-refractivity contribution is 5.83. The third-order valence-electron chi connectivity index (χ3n) is 5.95. The van der Waals surface area contributed by atoms with Gasteiger partial charge < -0.3 is 14.6 Å². The molecule has 0 radical (unpaired) electrons. The number of benzene rings is 1. The van der Waals surface area contributed by atoms with Gasteiger partial charge in [0.25, 0.3) is 5.60 Å². The van der Waals surface area contributed by atoms with E-state index in [4.69, 9.17) is 9.47 Å². The van der Waals surface area contributed by atoms with Gasteiger partial charge in [0.2, 0.25) is 0 Å². The quantitative estimate of drug-likeness (QED) is 0.366. The number of aliphatic hydroxyl groups is 1. The molecule has 1 aromatic rings. The molecule has 0 spiro atoms. The predicted molar refractivity (Wildman–Crippen MR) is 117 cm³/mol. The van der Waals surface area contributed by atoms with Crippen molar-refractivity contribution in [3.8, 4) is 0 Å². The second-order valence-electron chi connectivity index (χ2n) is 8.87. The maximum absolute atomic E-state index is 14.3. The molecule has 1 aliphatic rings. The maximum atomic E-state index is 14.3. The Bertz CT molecular complexity index is 874. The van der Waals surface area contributed by atoms with E-state index in [1.54, 1.807) is 25.2 Å². The molecule has 4 atom stereocenters. The van der Waals surface area contributed by atoms with Crippen molar-refractivity contribution in [1.29, 1.82) is 0 Å². The van der Waals surface area contributed by atoms with Crippen molar-refractivity contribution in [2.24, 2.45) is 11.8 Å². The molecule has 0 saturated heterocycles. The third-order valence-corrected chi connectivity index (χ3v) is 5.95. The van der Waals surface area contributed by atoms with Crippen LogP contribution in [0, 0.1) is 11.8 Å². The van der Waals surface area contributed by atoms with Crippen molar-refractivity contribution in [1.82, 2.24) is 0 Å². The van der Waals surface area contributed by atoms with E-state index in [2.05, 4.69) is 0 Å². The summed E-state index contributed by atoms with van der Waals surface area (Å²) in [6.45, 7) is 5.25. The van der Waals surface area contributed by atoms with Gasteiger partial charge in [-0.15, -0.1) is 0 Å². The number of alkyl halides is 3. The summed E-state index contributed by atoms with van der Waals surface area (Å²) in [6.07, 6.45) is -0.0586. The fourth-order valence-electron chi connectivity index (χ4n) is 4.00. The number of hydrogen-bond donors (Lipinski definition) is 1. The van der Waals surface area contributed by atoms with Gasteiger partial charge in [-0.3, -0.25) is 4.79 Å². The Kier molecular flexibility index (Phi) is 8.65. The lowest BCUT2D eigenvalue weighted by molar-refractivity contribution is -0.278. The molecular formula is C25H31F3O5. The van der Waals surface area contributed by atoms with E-state index in [1.165, 1.54) is 18.2 Å². The first kappa shape index (κ1) is 26.8. The Morgan fingerprint density at radius 1 is 1.24 bits per heavy atom. The molecule has 182 valence electrons. The fraction of sp³-hybridized carbons (Fsp3) is 0.520. The zero-order chi connectivity index (χ0) is 24.9. The summed E-state index contributed by atoms with van der Waals surface area (Å²) < 4.78 is 53.2. The zero-order valence-electron chi connectivity index (χ0n) is 19.3. The number of esters is 1. The molecule has 0 saturated carbocycles. The zero-order valence-corrected chi connectivity index (χ0v) is 19.3. The van der Waals surface area contributed by atoms with Crippen LogP contribution in [-0.2, 0) is 24.7 Å². The first-order valence-corrected chi connectivity index (χ1v) is 10.8. The first-order chi connectivity index (χ1) is 15.4. The van der Waals surface area contributed by atoms with Crippen molar-refractivity contribution in [3.05, 3.63) is 59.7 Å². The number of halogens is 3. The fourth-order valence-corrected chi connectivity index (χ4v) is 4.00. The highest BCUT2D eigenvalue weighted by atomic mass is 19.4. The molecule has 0 fully saturated rings. The smallest absolute Gasteiger partial charge is 0.432 e. The molecule has 33 heavy (non-hydrogen) atoms. The number of methoxy groups -OCH3 is 1. The Hall–Kier alpha value is -2.45. The maximum Gasteiger partial charge on any atom is 0.432 e. The molecule has 0 aromatic heterocycles. The minimum absolute atomic E-state index is 0.0585. The summed E-state index contributed by atoms with van der Waals surface area (Å²) in [5.74, 6) is -2.33. The standard InChI is InChI=1S/C25H31F3O5/c1-17(2)20-12-14-23(3,31)13-8-9-18(16-29)15-21(20)33-22(30)24(32-4,25(26,27)28)19-10-6-5-7-11-19/h5-7,9-12,14,16-17,20-21,31H,8,13,15H2,1-4H3/b14-12+,18-9+/t20-,21+,23+,24-/m0/s1. The summed E-state index contributed by atoms with van der Waals surface area (Å²) in [4.78, 5) is 24.8. The summed E-state index contributed by atoms with van der Waals surface area (Å²) in [6, 6.07) is 6.58. The summed E-state index contributed by atoms with van der Waals surface area (Å²) in [5.41, 5.74) is -4.63. The van der Waals surface area contributed by atoms with E-state index in [1.807, 2.05) is 13.8 Å². The number of ether oxygens (including phenoxy) is 2. The van der Waals surface area contributed by atoms with E-state index in [-0.39, 0.29) is 12.3 Å². The SMILES string of the molecule is CO[C@](C(=O)O[C@@H]1C/C(C=O)=C\CC[C@@](C)(O)/C=C/[C@H]1C(C)C)(c1ccccc1)C(F)(F)F. The lowest BCUT2D eigenvalue weighted by Gasteiger charge is -2.36. The molecule has 0 unspecified atom stereocenters. The van der Waals surface area contributed by atoms with Gasteiger partial charge >= 0.3 is 12.1 Å². The second-order valence-corrected chi connectivity index (χ2v) is 8.87. The van der Waals surface area contributed by atoms with Gasteiger partial charge in [-0.05, 0) is 31.3 Å². The highest BCUT2D eigenvalue weighted by Gasteiger charge is 2.64. The van der Waals surface area contributed by atoms with Gasteiger partial charge in [0.1, 0.15) is 12.4 Å². The average molecular weight is 469 g/mol. The van der Waals surface area contributed by atoms with Gasteiger partial charge in [0, 0.05) is 25.0 Å². The van der Waals surface area contributed by atoms with Crippen LogP contribution in [0.25, 0.3) is 0 Å². The van der Waals surface area contributed by atoms with Crippen LogP contribution < -0.4 is 0 Å². The summed E-state index contributed by atoms with van der Waals surface area (Å²) >= 11 is 0. The minimum Gasteiger partial charge on any atom is -0.459 e. The normalized spacial score (nSPS) is 28.8. The van der Waals surface area contributed by atoms with E-state index in [0.717, 1.165) is 19.2 Å². The molecule has 8 heteroatoms. The molecule has 2 rings (SSSR count). The first-order valence-electron chi connectivity index (χ1n) is 10.8. The molecule has 0 aliphatic heterocycles. The van der Waals surface area contributed by atoms with Gasteiger partial charge in [0.15, 0.2) is 0 Å². The summed E-state index contributed by atoms with van der Waals surface area (Å²) in [7, 11) is 0.808. The van der Waals surface area contributed by atoms with Crippen molar-refractivity contribution in [2.75, 3.05) is 7.11 Å². The summed E-state index contributed by atoms with van der Waals surface area (Å²) in [5, 5.41) is 10.6. The minimum atomic E-state index is -5.10. The van der Waals surface area contributed by atoms with Crippen LogP contribution in [0.2, 0.25) is 0 Å². The number of aldehydes is 1. The van der Waals surface area contributed by atoms with Crippen LogP contribution in [-0.4, -0.2) is 42.4 Å². The monoisotopic (exact) mass is 468 g/mol. The van der Waals surface area contributed by atoms with Crippen LogP contribution >= 0.6 is 0 Å². The third kappa shape index (κ3) is 6.12.